The highest BCUT2D eigenvalue weighted by Crippen LogP contribution is 2.07. The molecule has 0 atom stereocenters. The Morgan fingerprint density at radius 1 is 1.75 bits per heavy atom. The Kier molecular flexibility index (Phi) is 3.29. The van der Waals surface area contributed by atoms with E-state index in [1.807, 2.05) is 4.90 Å². The van der Waals surface area contributed by atoms with Gasteiger partial charge in [0.25, 0.3) is 0 Å². The fourth-order valence-electron chi connectivity index (χ4n) is 1.37. The molecule has 0 aromatic rings. The minimum Gasteiger partial charge on any atom is -0.332 e. The van der Waals surface area contributed by atoms with Crippen LogP contribution in [0.5, 0.6) is 0 Å². The molecule has 68 valence electrons. The van der Waals surface area contributed by atoms with Gasteiger partial charge in [0.2, 0.25) is 0 Å². The summed E-state index contributed by atoms with van der Waals surface area (Å²) in [6, 6.07) is 0. The third-order valence-corrected chi connectivity index (χ3v) is 2.04. The van der Waals surface area contributed by atoms with Crippen LogP contribution in [0.3, 0.4) is 0 Å². The minimum absolute atomic E-state index is 0.712. The van der Waals surface area contributed by atoms with Crippen molar-refractivity contribution in [3.05, 3.63) is 12.3 Å². The fourth-order valence-corrected chi connectivity index (χ4v) is 1.37. The van der Waals surface area contributed by atoms with Crippen LogP contribution in [0.1, 0.15) is 19.8 Å². The normalized spacial score (nSPS) is 18.1. The molecule has 0 saturated carbocycles. The van der Waals surface area contributed by atoms with E-state index < -0.39 is 0 Å². The van der Waals surface area contributed by atoms with E-state index in [2.05, 4.69) is 18.8 Å². The number of rotatable bonds is 2. The van der Waals surface area contributed by atoms with Gasteiger partial charge in [-0.15, -0.1) is 0 Å². The highest BCUT2D eigenvalue weighted by Gasteiger charge is 2.15. The summed E-state index contributed by atoms with van der Waals surface area (Å²) < 4.78 is 0. The molecule has 1 heterocycles. The molecule has 0 unspecified atom stereocenters. The maximum Gasteiger partial charge on any atom is 0.100 e. The van der Waals surface area contributed by atoms with Crippen LogP contribution < -0.4 is 5.32 Å². The first kappa shape index (κ1) is 9.26. The van der Waals surface area contributed by atoms with Crippen molar-refractivity contribution in [2.75, 3.05) is 19.6 Å². The highest BCUT2D eigenvalue weighted by atomic mass is 15.2. The highest BCUT2D eigenvalue weighted by molar-refractivity contribution is 5.80. The van der Waals surface area contributed by atoms with Crippen LogP contribution in [0.25, 0.3) is 0 Å². The molecular formula is C9H17N3. The van der Waals surface area contributed by atoms with Crippen molar-refractivity contribution < 1.29 is 0 Å². The molecule has 3 heteroatoms. The smallest absolute Gasteiger partial charge is 0.100 e. The van der Waals surface area contributed by atoms with Crippen molar-refractivity contribution in [3.8, 4) is 0 Å². The Labute approximate surface area is 74.0 Å². The minimum atomic E-state index is 0.712. The summed E-state index contributed by atoms with van der Waals surface area (Å²) in [4.78, 5) is 2.01. The summed E-state index contributed by atoms with van der Waals surface area (Å²) >= 11 is 0. The van der Waals surface area contributed by atoms with Crippen molar-refractivity contribution in [2.45, 2.75) is 19.8 Å². The predicted octanol–water partition coefficient (Wildman–Crippen LogP) is 1.18. The molecule has 0 aromatic carbocycles. The lowest BCUT2D eigenvalue weighted by atomic mass is 10.2. The van der Waals surface area contributed by atoms with E-state index in [4.69, 9.17) is 5.41 Å². The zero-order valence-electron chi connectivity index (χ0n) is 7.69. The second kappa shape index (κ2) is 4.26. The monoisotopic (exact) mass is 167 g/mol. The van der Waals surface area contributed by atoms with Crippen molar-refractivity contribution in [1.29, 1.82) is 5.41 Å². The third-order valence-electron chi connectivity index (χ3n) is 2.04. The number of piperazine rings is 1. The maximum absolute atomic E-state index is 7.75. The number of amidine groups is 1. The maximum atomic E-state index is 7.75. The Morgan fingerprint density at radius 2 is 2.50 bits per heavy atom. The van der Waals surface area contributed by atoms with Gasteiger partial charge >= 0.3 is 0 Å². The van der Waals surface area contributed by atoms with Gasteiger partial charge in [-0.3, -0.25) is 5.41 Å². The van der Waals surface area contributed by atoms with E-state index in [9.17, 15) is 0 Å². The van der Waals surface area contributed by atoms with E-state index in [-0.39, 0.29) is 0 Å². The molecule has 0 aromatic heterocycles. The van der Waals surface area contributed by atoms with Crippen LogP contribution in [-0.4, -0.2) is 30.4 Å². The van der Waals surface area contributed by atoms with E-state index >= 15 is 0 Å². The van der Waals surface area contributed by atoms with Gasteiger partial charge in [-0.05, 0) is 6.42 Å². The lowest BCUT2D eigenvalue weighted by Crippen LogP contribution is -2.44. The second-order valence-electron chi connectivity index (χ2n) is 3.09. The van der Waals surface area contributed by atoms with Crippen LogP contribution in [0.2, 0.25) is 0 Å². The van der Waals surface area contributed by atoms with Gasteiger partial charge in [0.1, 0.15) is 5.84 Å². The summed E-state index contributed by atoms with van der Waals surface area (Å²) in [5.41, 5.74) is 1.03. The van der Waals surface area contributed by atoms with Gasteiger partial charge in [0, 0.05) is 31.8 Å². The molecule has 0 amide bonds. The van der Waals surface area contributed by atoms with E-state index in [1.165, 1.54) is 0 Å². The van der Waals surface area contributed by atoms with Crippen molar-refractivity contribution >= 4 is 5.84 Å². The molecular weight excluding hydrogens is 150 g/mol. The molecule has 1 aliphatic rings. The fraction of sp³-hybridized carbons (Fsp3) is 0.667. The van der Waals surface area contributed by atoms with Crippen LogP contribution in [0.15, 0.2) is 12.3 Å². The standard InChI is InChI=1S/C9H17N3/c1-3-4-9(10)12-6-5-11-7-8(12)2/h10-11H,2-7H2,1H3. The quantitative estimate of drug-likeness (QED) is 0.479. The molecule has 1 rings (SSSR count). The van der Waals surface area contributed by atoms with Gasteiger partial charge in [0.15, 0.2) is 0 Å². The molecule has 0 bridgehead atoms. The number of nitrogens with one attached hydrogen (secondary N) is 2. The van der Waals surface area contributed by atoms with Gasteiger partial charge in [-0.1, -0.05) is 13.5 Å². The van der Waals surface area contributed by atoms with E-state index in [0.717, 1.165) is 38.2 Å². The molecule has 1 aliphatic heterocycles. The zero-order chi connectivity index (χ0) is 8.97. The predicted molar refractivity (Wildman–Crippen MR) is 51.4 cm³/mol. The summed E-state index contributed by atoms with van der Waals surface area (Å²) in [6.45, 7) is 8.71. The van der Waals surface area contributed by atoms with Crippen LogP contribution in [-0.2, 0) is 0 Å². The lowest BCUT2D eigenvalue weighted by Gasteiger charge is -2.31. The van der Waals surface area contributed by atoms with Crippen molar-refractivity contribution in [2.24, 2.45) is 0 Å². The largest absolute Gasteiger partial charge is 0.332 e. The third kappa shape index (κ3) is 2.08. The summed E-state index contributed by atoms with van der Waals surface area (Å²) in [5.74, 6) is 0.712. The number of hydrogen-bond acceptors (Lipinski definition) is 2. The van der Waals surface area contributed by atoms with Gasteiger partial charge in [0.05, 0.1) is 0 Å². The van der Waals surface area contributed by atoms with Gasteiger partial charge in [-0.25, -0.2) is 0 Å². The molecule has 2 N–H and O–H groups in total. The molecule has 3 nitrogen and oxygen atoms in total. The molecule has 1 saturated heterocycles. The van der Waals surface area contributed by atoms with Crippen LogP contribution in [0.4, 0.5) is 0 Å². The van der Waals surface area contributed by atoms with Crippen LogP contribution >= 0.6 is 0 Å². The van der Waals surface area contributed by atoms with Crippen molar-refractivity contribution in [1.82, 2.24) is 10.2 Å². The van der Waals surface area contributed by atoms with Crippen molar-refractivity contribution in [3.63, 3.8) is 0 Å². The Balaban J connectivity index is 2.48. The second-order valence-corrected chi connectivity index (χ2v) is 3.09. The lowest BCUT2D eigenvalue weighted by molar-refractivity contribution is 0.419. The first-order chi connectivity index (χ1) is 5.75. The average Bonchev–Trinajstić information content (AvgIpc) is 2.05. The molecule has 12 heavy (non-hydrogen) atoms. The zero-order valence-corrected chi connectivity index (χ0v) is 7.69. The number of nitrogens with zero attached hydrogens (tertiary/aromatic N) is 1. The average molecular weight is 167 g/mol. The molecule has 0 spiro atoms. The summed E-state index contributed by atoms with van der Waals surface area (Å²) in [5, 5.41) is 11.0. The Bertz CT molecular complexity index is 186. The topological polar surface area (TPSA) is 39.1 Å². The first-order valence-electron chi connectivity index (χ1n) is 4.49. The number of hydrogen-bond donors (Lipinski definition) is 2. The molecule has 0 aliphatic carbocycles. The van der Waals surface area contributed by atoms with E-state index in [0.29, 0.717) is 5.84 Å². The Hall–Kier alpha value is -0.830. The van der Waals surface area contributed by atoms with E-state index in [1.54, 1.807) is 0 Å². The van der Waals surface area contributed by atoms with Gasteiger partial charge in [-0.2, -0.15) is 0 Å². The summed E-state index contributed by atoms with van der Waals surface area (Å²) in [7, 11) is 0. The molecule has 1 fully saturated rings. The Morgan fingerprint density at radius 3 is 3.08 bits per heavy atom. The van der Waals surface area contributed by atoms with Gasteiger partial charge < -0.3 is 10.2 Å². The molecule has 0 radical (unpaired) electrons. The summed E-state index contributed by atoms with van der Waals surface area (Å²) in [6.07, 6.45) is 1.90. The SMILES string of the molecule is C=C1CNCCN1C(=N)CCC. The first-order valence-corrected chi connectivity index (χ1v) is 4.49. The van der Waals surface area contributed by atoms with Crippen LogP contribution in [0, 0.1) is 5.41 Å².